The quantitative estimate of drug-likeness (QED) is 0.878. The number of piperidine rings is 1. The molecule has 2 heterocycles. The molecule has 1 aromatic heterocycles. The zero-order chi connectivity index (χ0) is 17.0. The maximum atomic E-state index is 12.5. The molecule has 128 valence electrons. The van der Waals surface area contributed by atoms with Crippen molar-refractivity contribution < 1.29 is 14.7 Å². The number of nitrogens with zero attached hydrogens (tertiary/aromatic N) is 3. The number of amides is 2. The number of carbonyl (C=O) groups excluding carboxylic acids is 1. The Labute approximate surface area is 140 Å². The van der Waals surface area contributed by atoms with Crippen molar-refractivity contribution in [1.29, 1.82) is 0 Å². The van der Waals surface area contributed by atoms with Gasteiger partial charge >= 0.3 is 12.0 Å². The summed E-state index contributed by atoms with van der Waals surface area (Å²) in [6.07, 6.45) is 3.40. The number of hydrogen-bond acceptors (Lipinski definition) is 5. The lowest BCUT2D eigenvalue weighted by atomic mass is 9.96. The first-order chi connectivity index (χ1) is 10.8. The van der Waals surface area contributed by atoms with E-state index in [0.717, 1.165) is 19.3 Å². The number of carbonyl (C=O) groups is 2. The molecule has 0 bridgehead atoms. The Bertz CT molecular complexity index is 567. The number of carboxylic acid groups (broad SMARTS) is 1. The molecule has 0 radical (unpaired) electrons. The van der Waals surface area contributed by atoms with Gasteiger partial charge in [0.15, 0.2) is 0 Å². The molecule has 1 saturated heterocycles. The highest BCUT2D eigenvalue weighted by Crippen LogP contribution is 2.25. The van der Waals surface area contributed by atoms with E-state index in [9.17, 15) is 9.59 Å². The second kappa shape index (κ2) is 7.25. The van der Waals surface area contributed by atoms with Crippen LogP contribution in [-0.2, 0) is 10.2 Å². The van der Waals surface area contributed by atoms with E-state index in [1.54, 1.807) is 4.90 Å². The number of hydrogen-bond donors (Lipinski definition) is 2. The van der Waals surface area contributed by atoms with Gasteiger partial charge in [0.1, 0.15) is 5.82 Å². The van der Waals surface area contributed by atoms with Crippen LogP contribution in [0.2, 0.25) is 0 Å². The fourth-order valence-electron chi connectivity index (χ4n) is 2.60. The minimum Gasteiger partial charge on any atom is -0.481 e. The lowest BCUT2D eigenvalue weighted by Crippen LogP contribution is -2.46. The van der Waals surface area contributed by atoms with Gasteiger partial charge in [0.2, 0.25) is 5.13 Å². The average Bonchev–Trinajstić information content (AvgIpc) is 2.94. The highest BCUT2D eigenvalue weighted by molar-refractivity contribution is 7.09. The van der Waals surface area contributed by atoms with Crippen LogP contribution in [0.4, 0.5) is 9.93 Å². The number of aromatic nitrogens is 2. The van der Waals surface area contributed by atoms with E-state index in [1.165, 1.54) is 11.5 Å². The van der Waals surface area contributed by atoms with Gasteiger partial charge in [-0.2, -0.15) is 4.37 Å². The highest BCUT2D eigenvalue weighted by atomic mass is 32.1. The summed E-state index contributed by atoms with van der Waals surface area (Å²) < 4.78 is 4.28. The summed E-state index contributed by atoms with van der Waals surface area (Å²) >= 11 is 1.17. The van der Waals surface area contributed by atoms with Gasteiger partial charge in [0.05, 0.1) is 0 Å². The van der Waals surface area contributed by atoms with Crippen LogP contribution in [0.1, 0.15) is 58.7 Å². The van der Waals surface area contributed by atoms with Crippen LogP contribution in [0, 0.1) is 0 Å². The summed E-state index contributed by atoms with van der Waals surface area (Å²) in [6, 6.07) is -0.230. The Balaban J connectivity index is 1.99. The summed E-state index contributed by atoms with van der Waals surface area (Å²) in [5.41, 5.74) is -0.158. The SMILES string of the molecule is CC(C)(C)c1nsc(NC(=O)N2CCCCC2CCC(=O)O)n1. The summed E-state index contributed by atoms with van der Waals surface area (Å²) in [7, 11) is 0. The standard InChI is InChI=1S/C15H24N4O3S/c1-15(2,3)12-16-13(23-18-12)17-14(22)19-9-5-4-6-10(19)7-8-11(20)21/h10H,4-9H2,1-3H3,(H,20,21)(H,16,17,18,22). The zero-order valence-corrected chi connectivity index (χ0v) is 14.7. The predicted octanol–water partition coefficient (Wildman–Crippen LogP) is 3.09. The van der Waals surface area contributed by atoms with Crippen molar-refractivity contribution in [2.24, 2.45) is 0 Å². The molecule has 1 aliphatic heterocycles. The third kappa shape index (κ3) is 4.89. The normalized spacial score (nSPS) is 18.7. The lowest BCUT2D eigenvalue weighted by Gasteiger charge is -2.35. The molecule has 1 aliphatic rings. The maximum absolute atomic E-state index is 12.5. The van der Waals surface area contributed by atoms with Crippen LogP contribution in [0.3, 0.4) is 0 Å². The number of nitrogens with one attached hydrogen (secondary N) is 1. The second-order valence-electron chi connectivity index (χ2n) is 6.88. The molecule has 23 heavy (non-hydrogen) atoms. The van der Waals surface area contributed by atoms with E-state index >= 15 is 0 Å². The van der Waals surface area contributed by atoms with Crippen molar-refractivity contribution in [1.82, 2.24) is 14.3 Å². The van der Waals surface area contributed by atoms with Gasteiger partial charge in [-0.25, -0.2) is 9.78 Å². The number of urea groups is 1. The molecule has 0 saturated carbocycles. The summed E-state index contributed by atoms with van der Waals surface area (Å²) in [5, 5.41) is 12.1. The molecule has 0 aliphatic carbocycles. The van der Waals surface area contributed by atoms with Gasteiger partial charge in [-0.1, -0.05) is 20.8 Å². The van der Waals surface area contributed by atoms with Crippen LogP contribution in [0.15, 0.2) is 0 Å². The first-order valence-electron chi connectivity index (χ1n) is 7.91. The molecule has 8 heteroatoms. The van der Waals surface area contributed by atoms with Crippen LogP contribution in [0.25, 0.3) is 0 Å². The Hall–Kier alpha value is -1.70. The largest absolute Gasteiger partial charge is 0.481 e. The van der Waals surface area contributed by atoms with Crippen molar-refractivity contribution >= 4 is 28.7 Å². The Kier molecular flexibility index (Phi) is 5.56. The predicted molar refractivity (Wildman–Crippen MR) is 88.8 cm³/mol. The van der Waals surface area contributed by atoms with Gasteiger partial charge < -0.3 is 10.0 Å². The number of rotatable bonds is 4. The van der Waals surface area contributed by atoms with E-state index < -0.39 is 5.97 Å². The molecule has 1 fully saturated rings. The number of anilines is 1. The summed E-state index contributed by atoms with van der Waals surface area (Å²) in [5.74, 6) is -0.117. The molecule has 7 nitrogen and oxygen atoms in total. The third-order valence-corrected chi connectivity index (χ3v) is 4.52. The molecule has 1 atom stereocenters. The van der Waals surface area contributed by atoms with E-state index in [4.69, 9.17) is 5.11 Å². The number of carboxylic acids is 1. The van der Waals surface area contributed by atoms with Crippen molar-refractivity contribution in [3.05, 3.63) is 5.82 Å². The van der Waals surface area contributed by atoms with Crippen molar-refractivity contribution in [2.45, 2.75) is 64.3 Å². The average molecular weight is 340 g/mol. The van der Waals surface area contributed by atoms with Gasteiger partial charge in [0.25, 0.3) is 0 Å². The van der Waals surface area contributed by atoms with Crippen molar-refractivity contribution in [3.8, 4) is 0 Å². The summed E-state index contributed by atoms with van der Waals surface area (Å²) in [6.45, 7) is 6.72. The van der Waals surface area contributed by atoms with Crippen molar-refractivity contribution in [3.63, 3.8) is 0 Å². The monoisotopic (exact) mass is 340 g/mol. The first-order valence-corrected chi connectivity index (χ1v) is 8.68. The third-order valence-electron chi connectivity index (χ3n) is 3.89. The highest BCUT2D eigenvalue weighted by Gasteiger charge is 2.28. The van der Waals surface area contributed by atoms with Gasteiger partial charge in [-0.3, -0.25) is 10.1 Å². The van der Waals surface area contributed by atoms with Gasteiger partial charge in [0, 0.05) is 36.0 Å². The Morgan fingerprint density at radius 2 is 2.13 bits per heavy atom. The van der Waals surface area contributed by atoms with E-state index in [-0.39, 0.29) is 23.9 Å². The van der Waals surface area contributed by atoms with Crippen molar-refractivity contribution in [2.75, 3.05) is 11.9 Å². The van der Waals surface area contributed by atoms with Crippen LogP contribution in [0.5, 0.6) is 0 Å². The van der Waals surface area contributed by atoms with Gasteiger partial charge in [-0.05, 0) is 25.7 Å². The lowest BCUT2D eigenvalue weighted by molar-refractivity contribution is -0.137. The van der Waals surface area contributed by atoms with E-state index in [0.29, 0.717) is 23.9 Å². The molecule has 0 spiro atoms. The van der Waals surface area contributed by atoms with Gasteiger partial charge in [-0.15, -0.1) is 0 Å². The fraction of sp³-hybridized carbons (Fsp3) is 0.733. The molecule has 0 aromatic carbocycles. The van der Waals surface area contributed by atoms with E-state index in [1.807, 2.05) is 20.8 Å². The maximum Gasteiger partial charge on any atom is 0.323 e. The zero-order valence-electron chi connectivity index (χ0n) is 13.8. The molecule has 2 amide bonds. The minimum absolute atomic E-state index is 0.0187. The van der Waals surface area contributed by atoms with Crippen LogP contribution >= 0.6 is 11.5 Å². The Morgan fingerprint density at radius 3 is 2.74 bits per heavy atom. The van der Waals surface area contributed by atoms with Crippen LogP contribution < -0.4 is 5.32 Å². The molecule has 2 rings (SSSR count). The Morgan fingerprint density at radius 1 is 1.39 bits per heavy atom. The first kappa shape index (κ1) is 17.7. The number of likely N-dealkylation sites (tertiary alicyclic amines) is 1. The topological polar surface area (TPSA) is 95.4 Å². The minimum atomic E-state index is -0.824. The number of aliphatic carboxylic acids is 1. The molecule has 2 N–H and O–H groups in total. The van der Waals surface area contributed by atoms with E-state index in [2.05, 4.69) is 14.7 Å². The molecular weight excluding hydrogens is 316 g/mol. The smallest absolute Gasteiger partial charge is 0.323 e. The molecular formula is C15H24N4O3S. The van der Waals surface area contributed by atoms with Crippen LogP contribution in [-0.4, -0.2) is 44.0 Å². The fourth-order valence-corrected chi connectivity index (χ4v) is 3.35. The summed E-state index contributed by atoms with van der Waals surface area (Å²) in [4.78, 5) is 29.4. The second-order valence-corrected chi connectivity index (χ2v) is 7.63. The molecule has 1 aromatic rings. The molecule has 1 unspecified atom stereocenters.